The highest BCUT2D eigenvalue weighted by Crippen LogP contribution is 2.22. The molecule has 0 aliphatic carbocycles. The highest BCUT2D eigenvalue weighted by molar-refractivity contribution is 5.94. The molecule has 1 N–H and O–H groups in total. The van der Waals surface area contributed by atoms with Gasteiger partial charge in [-0.3, -0.25) is 4.79 Å². The molecule has 5 nitrogen and oxygen atoms in total. The maximum absolute atomic E-state index is 13.1. The molecular formula is C25H33N3O2. The van der Waals surface area contributed by atoms with Crippen LogP contribution in [0.25, 0.3) is 0 Å². The van der Waals surface area contributed by atoms with Gasteiger partial charge in [0.2, 0.25) is 0 Å². The molecule has 0 unspecified atom stereocenters. The lowest BCUT2D eigenvalue weighted by atomic mass is 10.0. The second kappa shape index (κ2) is 9.52. The summed E-state index contributed by atoms with van der Waals surface area (Å²) in [5.41, 5.74) is 4.42. The molecule has 2 heterocycles. The predicted molar refractivity (Wildman–Crippen MR) is 123 cm³/mol. The van der Waals surface area contributed by atoms with Crippen LogP contribution < -0.4 is 10.2 Å². The molecular weight excluding hydrogens is 374 g/mol. The number of anilines is 2. The fourth-order valence-electron chi connectivity index (χ4n) is 4.30. The van der Waals surface area contributed by atoms with Gasteiger partial charge < -0.3 is 19.9 Å². The lowest BCUT2D eigenvalue weighted by Crippen LogP contribution is -2.45. The first-order chi connectivity index (χ1) is 14.6. The zero-order chi connectivity index (χ0) is 20.9. The van der Waals surface area contributed by atoms with Crippen LogP contribution >= 0.6 is 0 Å². The van der Waals surface area contributed by atoms with Gasteiger partial charge >= 0.3 is 0 Å². The third-order valence-electron chi connectivity index (χ3n) is 6.15. The molecule has 4 rings (SSSR count). The molecule has 0 spiro atoms. The Kier molecular flexibility index (Phi) is 6.58. The second-order valence-electron chi connectivity index (χ2n) is 8.66. The minimum Gasteiger partial charge on any atom is -0.381 e. The van der Waals surface area contributed by atoms with Gasteiger partial charge in [0, 0.05) is 49.2 Å². The Hall–Kier alpha value is -2.53. The fourth-order valence-corrected chi connectivity index (χ4v) is 4.30. The molecule has 0 radical (unpaired) electrons. The summed E-state index contributed by atoms with van der Waals surface area (Å²) in [7, 11) is 0. The Balaban J connectivity index is 1.36. The van der Waals surface area contributed by atoms with E-state index in [1.54, 1.807) is 0 Å². The number of ether oxygens (including phenoxy) is 1. The van der Waals surface area contributed by atoms with Crippen molar-refractivity contribution in [1.29, 1.82) is 0 Å². The number of likely N-dealkylation sites (tertiary alicyclic amines) is 1. The van der Waals surface area contributed by atoms with Crippen LogP contribution in [0, 0.1) is 0 Å². The molecule has 1 amide bonds. The van der Waals surface area contributed by atoms with Crippen LogP contribution in [0.5, 0.6) is 0 Å². The minimum absolute atomic E-state index is 0.130. The summed E-state index contributed by atoms with van der Waals surface area (Å²) < 4.78 is 5.42. The quantitative estimate of drug-likeness (QED) is 0.800. The van der Waals surface area contributed by atoms with Crippen molar-refractivity contribution in [3.63, 3.8) is 0 Å². The maximum Gasteiger partial charge on any atom is 0.253 e. The standard InChI is InChI=1S/C25H33N3O2/c1-19(2)20-5-9-22(10-6-20)26-23-4-3-13-28(18-23)25(29)21-7-11-24(12-8-21)27-14-16-30-17-15-27/h5-12,19,23,26H,3-4,13-18H2,1-2H3/t23-/m0/s1. The van der Waals surface area contributed by atoms with E-state index in [9.17, 15) is 4.79 Å². The van der Waals surface area contributed by atoms with Crippen molar-refractivity contribution in [3.05, 3.63) is 59.7 Å². The van der Waals surface area contributed by atoms with Gasteiger partial charge in [0.25, 0.3) is 5.91 Å². The number of carbonyl (C=O) groups excluding carboxylic acids is 1. The number of piperidine rings is 1. The van der Waals surface area contributed by atoms with Crippen molar-refractivity contribution in [2.24, 2.45) is 0 Å². The van der Waals surface area contributed by atoms with Crippen molar-refractivity contribution in [3.8, 4) is 0 Å². The summed E-state index contributed by atoms with van der Waals surface area (Å²) in [5, 5.41) is 3.62. The van der Waals surface area contributed by atoms with E-state index >= 15 is 0 Å². The average molecular weight is 408 g/mol. The monoisotopic (exact) mass is 407 g/mol. The van der Waals surface area contributed by atoms with Gasteiger partial charge in [-0.15, -0.1) is 0 Å². The topological polar surface area (TPSA) is 44.8 Å². The van der Waals surface area contributed by atoms with Crippen LogP contribution in [0.3, 0.4) is 0 Å². The number of rotatable bonds is 5. The lowest BCUT2D eigenvalue weighted by molar-refractivity contribution is 0.0715. The number of carbonyl (C=O) groups is 1. The second-order valence-corrected chi connectivity index (χ2v) is 8.66. The molecule has 0 saturated carbocycles. The molecule has 2 aromatic rings. The summed E-state index contributed by atoms with van der Waals surface area (Å²) in [4.78, 5) is 17.4. The molecule has 2 aromatic carbocycles. The number of nitrogens with zero attached hydrogens (tertiary/aromatic N) is 2. The molecule has 0 aromatic heterocycles. The molecule has 0 bridgehead atoms. The number of hydrogen-bond acceptors (Lipinski definition) is 4. The summed E-state index contributed by atoms with van der Waals surface area (Å²) in [6.45, 7) is 9.34. The lowest BCUT2D eigenvalue weighted by Gasteiger charge is -2.34. The molecule has 2 fully saturated rings. The SMILES string of the molecule is CC(C)c1ccc(N[C@H]2CCCN(C(=O)c3ccc(N4CCOCC4)cc3)C2)cc1. The zero-order valence-electron chi connectivity index (χ0n) is 18.1. The van der Waals surface area contributed by atoms with Crippen LogP contribution in [-0.2, 0) is 4.74 Å². The van der Waals surface area contributed by atoms with Gasteiger partial charge in [-0.25, -0.2) is 0 Å². The highest BCUT2D eigenvalue weighted by Gasteiger charge is 2.24. The smallest absolute Gasteiger partial charge is 0.253 e. The van der Waals surface area contributed by atoms with Crippen LogP contribution in [0.4, 0.5) is 11.4 Å². The van der Waals surface area contributed by atoms with Crippen LogP contribution in [0.1, 0.15) is 48.5 Å². The normalized spacial score (nSPS) is 19.8. The van der Waals surface area contributed by atoms with Gasteiger partial charge in [-0.2, -0.15) is 0 Å². The average Bonchev–Trinajstić information content (AvgIpc) is 2.80. The van der Waals surface area contributed by atoms with E-state index in [1.165, 1.54) is 5.56 Å². The van der Waals surface area contributed by atoms with Crippen molar-refractivity contribution < 1.29 is 9.53 Å². The number of hydrogen-bond donors (Lipinski definition) is 1. The predicted octanol–water partition coefficient (Wildman–Crippen LogP) is 4.36. The minimum atomic E-state index is 0.130. The van der Waals surface area contributed by atoms with E-state index in [-0.39, 0.29) is 5.91 Å². The van der Waals surface area contributed by atoms with E-state index < -0.39 is 0 Å². The third-order valence-corrected chi connectivity index (χ3v) is 6.15. The number of nitrogens with one attached hydrogen (secondary N) is 1. The third kappa shape index (κ3) is 4.96. The van der Waals surface area contributed by atoms with Crippen molar-refractivity contribution in [1.82, 2.24) is 4.90 Å². The van der Waals surface area contributed by atoms with Crippen LogP contribution in [-0.4, -0.2) is 56.2 Å². The summed E-state index contributed by atoms with van der Waals surface area (Å²) in [5.74, 6) is 0.668. The van der Waals surface area contributed by atoms with E-state index in [0.29, 0.717) is 12.0 Å². The first kappa shape index (κ1) is 20.7. The number of amides is 1. The molecule has 160 valence electrons. The number of benzene rings is 2. The highest BCUT2D eigenvalue weighted by atomic mass is 16.5. The molecule has 1 atom stereocenters. The first-order valence-electron chi connectivity index (χ1n) is 11.2. The van der Waals surface area contributed by atoms with E-state index in [2.05, 4.69) is 60.5 Å². The summed E-state index contributed by atoms with van der Waals surface area (Å²) >= 11 is 0. The van der Waals surface area contributed by atoms with Gasteiger partial charge in [0.05, 0.1) is 13.2 Å². The fraction of sp³-hybridized carbons (Fsp3) is 0.480. The number of morpholine rings is 1. The van der Waals surface area contributed by atoms with Gasteiger partial charge in [0.15, 0.2) is 0 Å². The Morgan fingerprint density at radius 1 is 1.00 bits per heavy atom. The Morgan fingerprint density at radius 2 is 1.70 bits per heavy atom. The van der Waals surface area contributed by atoms with Crippen LogP contribution in [0.15, 0.2) is 48.5 Å². The molecule has 5 heteroatoms. The molecule has 2 aliphatic rings. The molecule has 2 aliphatic heterocycles. The van der Waals surface area contributed by atoms with E-state index in [1.807, 2.05) is 17.0 Å². The van der Waals surface area contributed by atoms with Crippen molar-refractivity contribution >= 4 is 17.3 Å². The summed E-state index contributed by atoms with van der Waals surface area (Å²) in [6.07, 6.45) is 2.12. The Labute approximate surface area is 180 Å². The van der Waals surface area contributed by atoms with Gasteiger partial charge in [0.1, 0.15) is 0 Å². The summed E-state index contributed by atoms with van der Waals surface area (Å²) in [6, 6.07) is 17.0. The molecule has 2 saturated heterocycles. The maximum atomic E-state index is 13.1. The zero-order valence-corrected chi connectivity index (χ0v) is 18.1. The Bertz CT molecular complexity index is 826. The molecule has 30 heavy (non-hydrogen) atoms. The van der Waals surface area contributed by atoms with Crippen molar-refractivity contribution in [2.75, 3.05) is 49.6 Å². The van der Waals surface area contributed by atoms with Crippen LogP contribution in [0.2, 0.25) is 0 Å². The largest absolute Gasteiger partial charge is 0.381 e. The van der Waals surface area contributed by atoms with E-state index in [4.69, 9.17) is 4.74 Å². The van der Waals surface area contributed by atoms with Gasteiger partial charge in [-0.05, 0) is 60.7 Å². The van der Waals surface area contributed by atoms with E-state index in [0.717, 1.165) is 69.2 Å². The van der Waals surface area contributed by atoms with Gasteiger partial charge in [-0.1, -0.05) is 26.0 Å². The van der Waals surface area contributed by atoms with Crippen molar-refractivity contribution in [2.45, 2.75) is 38.6 Å². The first-order valence-corrected chi connectivity index (χ1v) is 11.2. The Morgan fingerprint density at radius 3 is 2.37 bits per heavy atom.